The van der Waals surface area contributed by atoms with Crippen molar-refractivity contribution in [3.8, 4) is 5.75 Å². The van der Waals surface area contributed by atoms with Crippen LogP contribution in [0.3, 0.4) is 0 Å². The standard InChI is InChI=1S/C17H19ClN2O/c18-14-4-7-17(13(11-14)12-20-16-5-6-16)21-10-8-15-3-1-2-9-19-15/h1-4,7,9,11,16,20H,5-6,8,10,12H2. The first-order chi connectivity index (χ1) is 10.3. The highest BCUT2D eigenvalue weighted by Crippen LogP contribution is 2.25. The van der Waals surface area contributed by atoms with E-state index in [4.69, 9.17) is 16.3 Å². The van der Waals surface area contributed by atoms with Gasteiger partial charge >= 0.3 is 0 Å². The van der Waals surface area contributed by atoms with E-state index in [0.717, 1.165) is 35.0 Å². The largest absolute Gasteiger partial charge is 0.493 e. The van der Waals surface area contributed by atoms with Crippen molar-refractivity contribution in [2.45, 2.75) is 31.8 Å². The Labute approximate surface area is 130 Å². The molecular formula is C17H19ClN2O. The number of ether oxygens (including phenoxy) is 1. The van der Waals surface area contributed by atoms with Crippen molar-refractivity contribution in [1.82, 2.24) is 10.3 Å². The van der Waals surface area contributed by atoms with Crippen LogP contribution in [-0.4, -0.2) is 17.6 Å². The lowest BCUT2D eigenvalue weighted by Crippen LogP contribution is -2.16. The fourth-order valence-electron chi connectivity index (χ4n) is 2.18. The third kappa shape index (κ3) is 4.45. The second-order valence-electron chi connectivity index (χ2n) is 5.33. The Morgan fingerprint density at radius 1 is 1.24 bits per heavy atom. The summed E-state index contributed by atoms with van der Waals surface area (Å²) in [6, 6.07) is 12.4. The molecule has 1 fully saturated rings. The van der Waals surface area contributed by atoms with Gasteiger partial charge in [-0.05, 0) is 43.2 Å². The summed E-state index contributed by atoms with van der Waals surface area (Å²) in [5.41, 5.74) is 2.17. The molecule has 110 valence electrons. The van der Waals surface area contributed by atoms with Crippen LogP contribution in [-0.2, 0) is 13.0 Å². The monoisotopic (exact) mass is 302 g/mol. The van der Waals surface area contributed by atoms with Gasteiger partial charge in [-0.25, -0.2) is 0 Å². The smallest absolute Gasteiger partial charge is 0.123 e. The molecule has 1 aliphatic carbocycles. The molecule has 3 nitrogen and oxygen atoms in total. The average Bonchev–Trinajstić information content (AvgIpc) is 3.32. The summed E-state index contributed by atoms with van der Waals surface area (Å²) in [5.74, 6) is 0.906. The van der Waals surface area contributed by atoms with Crippen LogP contribution in [0, 0.1) is 0 Å². The minimum absolute atomic E-state index is 0.620. The predicted octanol–water partition coefficient (Wildman–Crippen LogP) is 3.61. The molecule has 0 aliphatic heterocycles. The fraction of sp³-hybridized carbons (Fsp3) is 0.353. The normalized spacial score (nSPS) is 14.1. The summed E-state index contributed by atoms with van der Waals surface area (Å²) in [6.45, 7) is 1.43. The third-order valence-electron chi connectivity index (χ3n) is 3.52. The Morgan fingerprint density at radius 3 is 2.90 bits per heavy atom. The molecule has 2 aromatic rings. The highest BCUT2D eigenvalue weighted by atomic mass is 35.5. The van der Waals surface area contributed by atoms with Gasteiger partial charge in [-0.1, -0.05) is 17.7 Å². The van der Waals surface area contributed by atoms with Gasteiger partial charge in [-0.15, -0.1) is 0 Å². The molecule has 0 unspecified atom stereocenters. The molecular weight excluding hydrogens is 284 g/mol. The van der Waals surface area contributed by atoms with Gasteiger partial charge in [0.1, 0.15) is 5.75 Å². The maximum atomic E-state index is 6.08. The van der Waals surface area contributed by atoms with Crippen LogP contribution < -0.4 is 10.1 Å². The van der Waals surface area contributed by atoms with Crippen LogP contribution in [0.25, 0.3) is 0 Å². The first kappa shape index (κ1) is 14.4. The number of nitrogens with one attached hydrogen (secondary N) is 1. The fourth-order valence-corrected chi connectivity index (χ4v) is 2.37. The minimum atomic E-state index is 0.620. The highest BCUT2D eigenvalue weighted by Gasteiger charge is 2.20. The van der Waals surface area contributed by atoms with Crippen LogP contribution in [0.2, 0.25) is 5.02 Å². The van der Waals surface area contributed by atoms with E-state index in [1.807, 2.05) is 42.6 Å². The lowest BCUT2D eigenvalue weighted by atomic mass is 10.2. The Morgan fingerprint density at radius 2 is 2.14 bits per heavy atom. The number of halogens is 1. The zero-order valence-electron chi connectivity index (χ0n) is 11.9. The lowest BCUT2D eigenvalue weighted by Gasteiger charge is -2.12. The van der Waals surface area contributed by atoms with Crippen molar-refractivity contribution >= 4 is 11.6 Å². The second-order valence-corrected chi connectivity index (χ2v) is 5.76. The number of hydrogen-bond donors (Lipinski definition) is 1. The summed E-state index contributed by atoms with van der Waals surface area (Å²) in [5, 5.41) is 4.25. The Bertz CT molecular complexity index is 585. The molecule has 0 amide bonds. The Hall–Kier alpha value is -1.58. The SMILES string of the molecule is Clc1ccc(OCCc2ccccn2)c(CNC2CC2)c1. The maximum Gasteiger partial charge on any atom is 0.123 e. The molecule has 0 radical (unpaired) electrons. The summed E-state index contributed by atoms with van der Waals surface area (Å²) in [7, 11) is 0. The molecule has 1 aromatic heterocycles. The zero-order chi connectivity index (χ0) is 14.5. The summed E-state index contributed by atoms with van der Waals surface area (Å²) in [4.78, 5) is 4.30. The van der Waals surface area contributed by atoms with Crippen LogP contribution in [0.5, 0.6) is 5.75 Å². The van der Waals surface area contributed by atoms with Crippen molar-refractivity contribution in [2.24, 2.45) is 0 Å². The molecule has 0 saturated heterocycles. The minimum Gasteiger partial charge on any atom is -0.493 e. The van der Waals surface area contributed by atoms with Gasteiger partial charge in [0, 0.05) is 41.5 Å². The van der Waals surface area contributed by atoms with Crippen LogP contribution in [0.1, 0.15) is 24.1 Å². The molecule has 0 bridgehead atoms. The van der Waals surface area contributed by atoms with Crippen molar-refractivity contribution in [3.05, 3.63) is 58.9 Å². The highest BCUT2D eigenvalue weighted by molar-refractivity contribution is 6.30. The van der Waals surface area contributed by atoms with E-state index in [2.05, 4.69) is 10.3 Å². The van der Waals surface area contributed by atoms with Gasteiger partial charge in [0.05, 0.1) is 6.61 Å². The van der Waals surface area contributed by atoms with Gasteiger partial charge in [0.15, 0.2) is 0 Å². The number of benzene rings is 1. The topological polar surface area (TPSA) is 34.1 Å². The van der Waals surface area contributed by atoms with E-state index < -0.39 is 0 Å². The molecule has 21 heavy (non-hydrogen) atoms. The number of nitrogens with zero attached hydrogens (tertiary/aromatic N) is 1. The van der Waals surface area contributed by atoms with Gasteiger partial charge in [-0.2, -0.15) is 0 Å². The summed E-state index contributed by atoms with van der Waals surface area (Å²) >= 11 is 6.08. The average molecular weight is 303 g/mol. The van der Waals surface area contributed by atoms with E-state index in [1.54, 1.807) is 0 Å². The van der Waals surface area contributed by atoms with E-state index in [0.29, 0.717) is 12.6 Å². The maximum absolute atomic E-state index is 6.08. The predicted molar refractivity (Wildman–Crippen MR) is 84.7 cm³/mol. The Balaban J connectivity index is 1.58. The second kappa shape index (κ2) is 6.92. The van der Waals surface area contributed by atoms with Crippen molar-refractivity contribution < 1.29 is 4.74 Å². The molecule has 3 rings (SSSR count). The molecule has 1 aromatic carbocycles. The Kier molecular flexibility index (Phi) is 4.73. The molecule has 1 N–H and O–H groups in total. The molecule has 0 atom stereocenters. The first-order valence-corrected chi connectivity index (χ1v) is 7.73. The van der Waals surface area contributed by atoms with Crippen LogP contribution >= 0.6 is 11.6 Å². The lowest BCUT2D eigenvalue weighted by molar-refractivity contribution is 0.316. The van der Waals surface area contributed by atoms with Crippen molar-refractivity contribution in [1.29, 1.82) is 0 Å². The summed E-state index contributed by atoms with van der Waals surface area (Å²) in [6.07, 6.45) is 5.16. The first-order valence-electron chi connectivity index (χ1n) is 7.36. The van der Waals surface area contributed by atoms with Crippen molar-refractivity contribution in [2.75, 3.05) is 6.61 Å². The molecule has 0 spiro atoms. The van der Waals surface area contributed by atoms with Gasteiger partial charge in [0.25, 0.3) is 0 Å². The van der Waals surface area contributed by atoms with Gasteiger partial charge in [0.2, 0.25) is 0 Å². The van der Waals surface area contributed by atoms with E-state index in [-0.39, 0.29) is 0 Å². The number of aromatic nitrogens is 1. The molecule has 1 heterocycles. The molecule has 1 saturated carbocycles. The van der Waals surface area contributed by atoms with Gasteiger partial charge < -0.3 is 10.1 Å². The number of hydrogen-bond acceptors (Lipinski definition) is 3. The zero-order valence-corrected chi connectivity index (χ0v) is 12.6. The number of rotatable bonds is 7. The van der Waals surface area contributed by atoms with Crippen LogP contribution in [0.4, 0.5) is 0 Å². The van der Waals surface area contributed by atoms with Crippen molar-refractivity contribution in [3.63, 3.8) is 0 Å². The van der Waals surface area contributed by atoms with E-state index in [1.165, 1.54) is 12.8 Å². The molecule has 4 heteroatoms. The number of pyridine rings is 1. The third-order valence-corrected chi connectivity index (χ3v) is 3.76. The van der Waals surface area contributed by atoms with Crippen LogP contribution in [0.15, 0.2) is 42.6 Å². The van der Waals surface area contributed by atoms with E-state index >= 15 is 0 Å². The molecule has 1 aliphatic rings. The summed E-state index contributed by atoms with van der Waals surface area (Å²) < 4.78 is 5.91. The van der Waals surface area contributed by atoms with E-state index in [9.17, 15) is 0 Å². The quantitative estimate of drug-likeness (QED) is 0.848. The van der Waals surface area contributed by atoms with Gasteiger partial charge in [-0.3, -0.25) is 4.98 Å².